The van der Waals surface area contributed by atoms with Gasteiger partial charge in [-0.2, -0.15) is 5.11 Å². The average Bonchev–Trinajstić information content (AvgIpc) is 0.988. The summed E-state index contributed by atoms with van der Waals surface area (Å²) < 4.78 is 29.7. The molecule has 0 aliphatic carbocycles. The Bertz CT molecular complexity index is 4670. The van der Waals surface area contributed by atoms with Crippen molar-refractivity contribution in [1.82, 2.24) is 90.1 Å². The van der Waals surface area contributed by atoms with E-state index >= 15 is 0 Å². The predicted molar refractivity (Wildman–Crippen MR) is 453 cm³/mol. The summed E-state index contributed by atoms with van der Waals surface area (Å²) in [6.07, 6.45) is -2.33. The molecule has 0 spiro atoms. The highest BCUT2D eigenvalue weighted by molar-refractivity contribution is 8.19. The van der Waals surface area contributed by atoms with Gasteiger partial charge in [-0.1, -0.05) is 109 Å². The van der Waals surface area contributed by atoms with Gasteiger partial charge < -0.3 is 120 Å². The van der Waals surface area contributed by atoms with Gasteiger partial charge in [0, 0.05) is 58.1 Å². The number of carbonyl (C=O) groups excluding carboxylic acids is 14. The minimum atomic E-state index is -4.10. The number of pyridine rings is 1. The molecule has 0 saturated carbocycles. The summed E-state index contributed by atoms with van der Waals surface area (Å²) in [4.78, 5) is 225. The lowest BCUT2D eigenvalue weighted by Crippen LogP contribution is -2.58. The average molecular weight is 1770 g/mol. The van der Waals surface area contributed by atoms with Gasteiger partial charge in [0.25, 0.3) is 5.91 Å². The summed E-state index contributed by atoms with van der Waals surface area (Å²) in [5.74, 6) is -16.6. The summed E-state index contributed by atoms with van der Waals surface area (Å²) in [6.45, 7) is -1.95. The van der Waals surface area contributed by atoms with Gasteiger partial charge in [0.05, 0.1) is 42.9 Å². The van der Waals surface area contributed by atoms with E-state index in [0.717, 1.165) is 6.20 Å². The fourth-order valence-electron chi connectivity index (χ4n) is 13.1. The van der Waals surface area contributed by atoms with Crippen molar-refractivity contribution in [1.29, 1.82) is 10.8 Å². The predicted octanol–water partition coefficient (Wildman–Crippen LogP) is -1.77. The van der Waals surface area contributed by atoms with E-state index in [0.29, 0.717) is 16.7 Å². The molecule has 4 aromatic carbocycles. The molecule has 7 rings (SSSR count). The van der Waals surface area contributed by atoms with Crippen LogP contribution in [0.1, 0.15) is 123 Å². The van der Waals surface area contributed by atoms with Gasteiger partial charge in [-0.15, -0.1) is 5.11 Å². The Morgan fingerprint density at radius 2 is 0.865 bits per heavy atom. The van der Waals surface area contributed by atoms with Gasteiger partial charge in [-0.05, 0) is 111 Å². The molecule has 10 atom stereocenters. The number of carboxylic acids is 2. The number of azo groups is 1. The zero-order chi connectivity index (χ0) is 91.7. The van der Waals surface area contributed by atoms with Crippen LogP contribution in [0.15, 0.2) is 149 Å². The van der Waals surface area contributed by atoms with Crippen LogP contribution in [0.5, 0.6) is 0 Å². The summed E-state index contributed by atoms with van der Waals surface area (Å²) in [7, 11) is -4.10. The van der Waals surface area contributed by atoms with Crippen LogP contribution >= 0.6 is 10.9 Å². The van der Waals surface area contributed by atoms with E-state index in [-0.39, 0.29) is 144 Å². The number of amides is 14. The first-order valence-electron chi connectivity index (χ1n) is 40.4. The van der Waals surface area contributed by atoms with Crippen LogP contribution in [0.3, 0.4) is 0 Å². The number of nitrogens with two attached hydrogens (primary N) is 2. The molecule has 678 valence electrons. The fraction of sp³-hybridized carbons (Fsp3) is 0.420. The standard InChI is InChI=1S/C81H107N23O21S/c82-80(83)88-36-16-27-52-71(114)91-45-65(106)94-60(41-67(108)109)78(121)102-58(39-48-20-6-2-7-21-48)76(119)98-54(73(116)96-52)25-12-14-34-86-64(105)33-31-56(100-75(118)57(38-47-18-4-1-5-19-47)101-69(112)51-30-32-63(90-43-51)104-93-44-50-24-10-11-29-62(50)126(123,124)125)70(113)87-35-15-13-26-55-74(117)97-53(28-17-37-89-81(84)85)72(115)92-46-66(107)95-61(42-68(110)111)79(122)103-59(77(120)99-55)40-49-22-8-3-9-23-49/h1-11,18-24,29-30,32,43,52-61,123-125H,12-17,25-28,31,33-42,44-46H2,(H,86,105)(H,87,113)(H,91,114)(H,92,115)(H,94,106)(H,95,107)(H,96,116)(H,97,117)(H,98,119)(H,99,120)(H,100,118)(H,101,112)(H,102,121)(H,103,122)(H,108,109)(H,110,111)(H4,82,83,88)(H4,84,85,89)/t52?,53-,54-,55-,56?,57-,58+,59+,60-,61-/m0/s1. The Balaban J connectivity index is 1.12. The second kappa shape index (κ2) is 51.1. The maximum absolute atomic E-state index is 14.9. The lowest BCUT2D eigenvalue weighted by Gasteiger charge is -2.26. The molecule has 0 bridgehead atoms. The van der Waals surface area contributed by atoms with Crippen molar-refractivity contribution < 1.29 is 101 Å². The number of unbranched alkanes of at least 4 members (excludes halogenated alkanes) is 2. The minimum Gasteiger partial charge on any atom is -0.481 e. The minimum absolute atomic E-state index is 0.00707. The van der Waals surface area contributed by atoms with E-state index in [4.69, 9.17) is 22.3 Å². The quantitative estimate of drug-likeness (QED) is 0.00893. The molecule has 14 amide bonds. The normalized spacial score (nSPS) is 19.5. The van der Waals surface area contributed by atoms with Gasteiger partial charge in [0.15, 0.2) is 17.7 Å². The van der Waals surface area contributed by atoms with Crippen molar-refractivity contribution in [3.8, 4) is 0 Å². The molecule has 45 heteroatoms. The number of hydrogen-bond donors (Lipinski definition) is 25. The van der Waals surface area contributed by atoms with Gasteiger partial charge in [-0.25, -0.2) is 4.98 Å². The number of guanidine groups is 2. The lowest BCUT2D eigenvalue weighted by molar-refractivity contribution is -0.141. The molecule has 126 heavy (non-hydrogen) atoms. The van der Waals surface area contributed by atoms with Crippen LogP contribution in [0.4, 0.5) is 5.82 Å². The van der Waals surface area contributed by atoms with Crippen molar-refractivity contribution in [2.45, 2.75) is 181 Å². The Labute approximate surface area is 724 Å². The van der Waals surface area contributed by atoms with E-state index < -0.39 is 211 Å². The van der Waals surface area contributed by atoms with Crippen LogP contribution in [-0.4, -0.2) is 235 Å². The second-order valence-electron chi connectivity index (χ2n) is 29.5. The topological polar surface area (TPSA) is 704 Å². The number of aliphatic carboxylic acids is 2. The van der Waals surface area contributed by atoms with Crippen molar-refractivity contribution in [3.05, 3.63) is 161 Å². The van der Waals surface area contributed by atoms with Gasteiger partial charge in [0.2, 0.25) is 76.8 Å². The van der Waals surface area contributed by atoms with Gasteiger partial charge >= 0.3 is 11.9 Å². The second-order valence-corrected chi connectivity index (χ2v) is 30.9. The molecule has 3 heterocycles. The summed E-state index contributed by atoms with van der Waals surface area (Å²) in [5, 5.41) is 83.7. The first-order chi connectivity index (χ1) is 60.2. The van der Waals surface area contributed by atoms with Crippen molar-refractivity contribution in [2.24, 2.45) is 21.7 Å². The Morgan fingerprint density at radius 1 is 0.452 bits per heavy atom. The van der Waals surface area contributed by atoms with E-state index in [9.17, 15) is 101 Å². The number of aromatic nitrogens is 1. The molecule has 2 aliphatic heterocycles. The Morgan fingerprint density at radius 3 is 1.32 bits per heavy atom. The maximum Gasteiger partial charge on any atom is 0.305 e. The third-order valence-corrected chi connectivity index (χ3v) is 20.6. The third kappa shape index (κ3) is 35.4. The first kappa shape index (κ1) is 99.0. The Hall–Kier alpha value is -14.1. The number of benzene rings is 4. The van der Waals surface area contributed by atoms with E-state index in [1.165, 1.54) is 30.3 Å². The fourth-order valence-corrected chi connectivity index (χ4v) is 13.9. The van der Waals surface area contributed by atoms with E-state index in [1.54, 1.807) is 97.1 Å². The first-order valence-corrected chi connectivity index (χ1v) is 41.9. The molecular formula is C81H107N23O21S. The summed E-state index contributed by atoms with van der Waals surface area (Å²) >= 11 is 0. The molecule has 27 N–H and O–H groups in total. The molecule has 2 unspecified atom stereocenters. The molecule has 2 saturated heterocycles. The van der Waals surface area contributed by atoms with Gasteiger partial charge in [0.1, 0.15) is 71.3 Å². The van der Waals surface area contributed by atoms with E-state index in [1.807, 2.05) is 0 Å². The largest absolute Gasteiger partial charge is 0.481 e. The summed E-state index contributed by atoms with van der Waals surface area (Å²) in [6, 6.07) is 18.3. The molecule has 1 aromatic heterocycles. The van der Waals surface area contributed by atoms with Gasteiger partial charge in [-0.3, -0.25) is 87.5 Å². The number of rotatable bonds is 40. The smallest absolute Gasteiger partial charge is 0.305 e. The Kier molecular flexibility index (Phi) is 40.2. The molecule has 2 aliphatic rings. The zero-order valence-corrected chi connectivity index (χ0v) is 69.4. The van der Waals surface area contributed by atoms with Crippen LogP contribution in [0.2, 0.25) is 0 Å². The van der Waals surface area contributed by atoms with Crippen molar-refractivity contribution >= 4 is 123 Å². The zero-order valence-electron chi connectivity index (χ0n) is 68.6. The third-order valence-electron chi connectivity index (χ3n) is 19.6. The highest BCUT2D eigenvalue weighted by Crippen LogP contribution is 2.45. The lowest BCUT2D eigenvalue weighted by atomic mass is 10.0. The van der Waals surface area contributed by atoms with Crippen LogP contribution in [0, 0.1) is 10.8 Å². The van der Waals surface area contributed by atoms with Crippen LogP contribution < -0.4 is 96.5 Å². The van der Waals surface area contributed by atoms with Crippen LogP contribution in [-0.2, 0) is 97.7 Å². The highest BCUT2D eigenvalue weighted by atomic mass is 32.3. The van der Waals surface area contributed by atoms with Crippen molar-refractivity contribution in [2.75, 3.05) is 39.3 Å². The monoisotopic (exact) mass is 1770 g/mol. The summed E-state index contributed by atoms with van der Waals surface area (Å²) in [5.41, 5.74) is 12.7. The van der Waals surface area contributed by atoms with Crippen molar-refractivity contribution in [3.63, 3.8) is 0 Å². The maximum atomic E-state index is 14.9. The molecule has 5 aromatic rings. The molecule has 2 fully saturated rings. The molecule has 44 nitrogen and oxygen atoms in total. The van der Waals surface area contributed by atoms with Crippen LogP contribution in [0.25, 0.3) is 0 Å². The number of nitrogens with one attached hydrogen (secondary N) is 18. The number of nitrogens with zero attached hydrogens (tertiary/aromatic N) is 3. The highest BCUT2D eigenvalue weighted by Gasteiger charge is 2.37. The SMILES string of the molecule is N=C(N)NCCCC1NC(=O)[C@H](CCCCNC(=O)CCC(NC(=O)[C@H](Cc2ccccc2)NC(=O)c2ccc(N=NCc3ccccc3S(O)(O)O)nc2)C(=O)NCCCC[C@@H]2NC(=O)[C@@H](Cc3ccccc3)NC(=O)[C@H](CC(=O)O)NC(=O)CNC(=O)[C@H](CCCNC(=N)N)NC2=O)NC(=O)[C@@H](Cc2ccccc2)NC(=O)[C@H](CC(=O)O)NC(=O)CNC1=O. The number of hydrogen-bond acceptors (Lipinski definition) is 24. The molecule has 0 radical (unpaired) electrons. The number of carboxylic acid groups (broad SMARTS) is 2. The van der Waals surface area contributed by atoms with E-state index in [2.05, 4.69) is 100 Å². The number of carbonyl (C=O) groups is 16. The molecular weight excluding hydrogens is 1660 g/mol.